The number of alkyl halides is 3. The van der Waals surface area contributed by atoms with Gasteiger partial charge in [0.25, 0.3) is 5.69 Å². The van der Waals surface area contributed by atoms with Crippen molar-refractivity contribution >= 4 is 11.4 Å². The molecular weight excluding hydrogens is 285 g/mol. The zero-order valence-corrected chi connectivity index (χ0v) is 11.6. The average molecular weight is 302 g/mol. The summed E-state index contributed by atoms with van der Waals surface area (Å²) in [6.07, 6.45) is -0.544. The Morgan fingerprint density at radius 3 is 2.52 bits per heavy atom. The SMILES string of the molecule is CC1CCCCC1Nc1ccc(C(F)(F)F)cc1[N+](=O)[O-]. The molecule has 0 aromatic heterocycles. The summed E-state index contributed by atoms with van der Waals surface area (Å²) in [5, 5.41) is 14.1. The minimum Gasteiger partial charge on any atom is -0.376 e. The van der Waals surface area contributed by atoms with E-state index >= 15 is 0 Å². The highest BCUT2D eigenvalue weighted by Gasteiger charge is 2.33. The second kappa shape index (κ2) is 5.91. The number of nitro groups is 1. The van der Waals surface area contributed by atoms with E-state index in [1.807, 2.05) is 6.92 Å². The summed E-state index contributed by atoms with van der Waals surface area (Å²) in [6.45, 7) is 2.05. The molecule has 0 heterocycles. The normalized spacial score (nSPS) is 22.9. The van der Waals surface area contributed by atoms with Crippen LogP contribution in [0, 0.1) is 16.0 Å². The molecule has 116 valence electrons. The van der Waals surface area contributed by atoms with Gasteiger partial charge in [-0.15, -0.1) is 0 Å². The lowest BCUT2D eigenvalue weighted by atomic mass is 9.86. The molecule has 0 radical (unpaired) electrons. The quantitative estimate of drug-likeness (QED) is 0.655. The summed E-state index contributed by atoms with van der Waals surface area (Å²) in [5.74, 6) is 0.348. The van der Waals surface area contributed by atoms with Crippen LogP contribution in [0.4, 0.5) is 24.5 Å². The van der Waals surface area contributed by atoms with Gasteiger partial charge in [0, 0.05) is 12.1 Å². The Balaban J connectivity index is 2.28. The van der Waals surface area contributed by atoms with Crippen LogP contribution < -0.4 is 5.32 Å². The van der Waals surface area contributed by atoms with Gasteiger partial charge in [-0.2, -0.15) is 13.2 Å². The van der Waals surface area contributed by atoms with Gasteiger partial charge in [0.15, 0.2) is 0 Å². The summed E-state index contributed by atoms with van der Waals surface area (Å²) in [4.78, 5) is 10.2. The van der Waals surface area contributed by atoms with Crippen LogP contribution in [0.2, 0.25) is 0 Å². The lowest BCUT2D eigenvalue weighted by molar-refractivity contribution is -0.384. The molecule has 1 aliphatic carbocycles. The topological polar surface area (TPSA) is 55.2 Å². The van der Waals surface area contributed by atoms with E-state index in [0.29, 0.717) is 12.0 Å². The van der Waals surface area contributed by atoms with Crippen LogP contribution in [0.5, 0.6) is 0 Å². The smallest absolute Gasteiger partial charge is 0.376 e. The monoisotopic (exact) mass is 302 g/mol. The fourth-order valence-electron chi connectivity index (χ4n) is 2.71. The maximum absolute atomic E-state index is 12.6. The van der Waals surface area contributed by atoms with E-state index in [1.165, 1.54) is 0 Å². The van der Waals surface area contributed by atoms with Crippen molar-refractivity contribution in [3.05, 3.63) is 33.9 Å². The highest BCUT2D eigenvalue weighted by molar-refractivity contribution is 5.63. The van der Waals surface area contributed by atoms with E-state index in [9.17, 15) is 23.3 Å². The molecule has 1 aliphatic rings. The molecule has 0 aliphatic heterocycles. The van der Waals surface area contributed by atoms with Crippen LogP contribution in [0.25, 0.3) is 0 Å². The molecule has 1 saturated carbocycles. The average Bonchev–Trinajstić information content (AvgIpc) is 2.40. The molecule has 0 bridgehead atoms. The summed E-state index contributed by atoms with van der Waals surface area (Å²) in [5.41, 5.74) is -1.37. The van der Waals surface area contributed by atoms with Crippen LogP contribution in [0.15, 0.2) is 18.2 Å². The van der Waals surface area contributed by atoms with Gasteiger partial charge in [0.05, 0.1) is 10.5 Å². The predicted molar refractivity (Wildman–Crippen MR) is 73.1 cm³/mol. The first kappa shape index (κ1) is 15.6. The predicted octanol–water partition coefficient (Wildman–Crippen LogP) is 4.60. The van der Waals surface area contributed by atoms with Crippen LogP contribution in [-0.2, 0) is 6.18 Å². The van der Waals surface area contributed by atoms with Crippen molar-refractivity contribution in [1.82, 2.24) is 0 Å². The molecule has 0 saturated heterocycles. The third kappa shape index (κ3) is 3.65. The number of nitrogens with one attached hydrogen (secondary N) is 1. The molecule has 0 spiro atoms. The number of halogens is 3. The maximum Gasteiger partial charge on any atom is 0.416 e. The molecule has 1 N–H and O–H groups in total. The second-order valence-electron chi connectivity index (χ2n) is 5.50. The van der Waals surface area contributed by atoms with E-state index in [0.717, 1.165) is 37.8 Å². The zero-order valence-electron chi connectivity index (χ0n) is 11.6. The van der Waals surface area contributed by atoms with Gasteiger partial charge < -0.3 is 5.32 Å². The fourth-order valence-corrected chi connectivity index (χ4v) is 2.71. The van der Waals surface area contributed by atoms with Gasteiger partial charge in [-0.3, -0.25) is 10.1 Å². The van der Waals surface area contributed by atoms with Crippen molar-refractivity contribution in [1.29, 1.82) is 0 Å². The van der Waals surface area contributed by atoms with Crippen molar-refractivity contribution < 1.29 is 18.1 Å². The maximum atomic E-state index is 12.6. The number of anilines is 1. The largest absolute Gasteiger partial charge is 0.416 e. The molecule has 0 amide bonds. The number of rotatable bonds is 3. The summed E-state index contributed by atoms with van der Waals surface area (Å²) < 4.78 is 37.9. The first-order valence-corrected chi connectivity index (χ1v) is 6.91. The van der Waals surface area contributed by atoms with Gasteiger partial charge in [-0.25, -0.2) is 0 Å². The van der Waals surface area contributed by atoms with Gasteiger partial charge in [-0.05, 0) is 30.9 Å². The number of benzene rings is 1. The van der Waals surface area contributed by atoms with E-state index in [1.54, 1.807) is 0 Å². The molecule has 1 aromatic rings. The standard InChI is InChI=1S/C14H17F3N2O2/c1-9-4-2-3-5-11(9)18-12-7-6-10(14(15,16)17)8-13(12)19(20)21/h6-9,11,18H,2-5H2,1H3. The number of nitrogens with zero attached hydrogens (tertiary/aromatic N) is 1. The Kier molecular flexibility index (Phi) is 4.39. The van der Waals surface area contributed by atoms with E-state index in [-0.39, 0.29) is 11.7 Å². The Hall–Kier alpha value is -1.79. The molecule has 1 fully saturated rings. The Morgan fingerprint density at radius 1 is 1.29 bits per heavy atom. The molecule has 2 unspecified atom stereocenters. The van der Waals surface area contributed by atoms with Crippen molar-refractivity contribution in [2.45, 2.75) is 44.8 Å². The number of hydrogen-bond acceptors (Lipinski definition) is 3. The minimum absolute atomic E-state index is 0.0641. The highest BCUT2D eigenvalue weighted by Crippen LogP contribution is 2.36. The third-order valence-electron chi connectivity index (χ3n) is 3.97. The van der Waals surface area contributed by atoms with Gasteiger partial charge in [-0.1, -0.05) is 19.8 Å². The van der Waals surface area contributed by atoms with Gasteiger partial charge in [0.1, 0.15) is 5.69 Å². The first-order valence-electron chi connectivity index (χ1n) is 6.91. The van der Waals surface area contributed by atoms with E-state index in [2.05, 4.69) is 5.32 Å². The first-order chi connectivity index (χ1) is 9.79. The number of nitro benzene ring substituents is 1. The van der Waals surface area contributed by atoms with Crippen molar-refractivity contribution in [2.75, 3.05) is 5.32 Å². The van der Waals surface area contributed by atoms with E-state index in [4.69, 9.17) is 0 Å². The fraction of sp³-hybridized carbons (Fsp3) is 0.571. The lowest BCUT2D eigenvalue weighted by Gasteiger charge is -2.30. The molecule has 7 heteroatoms. The van der Waals surface area contributed by atoms with Gasteiger partial charge >= 0.3 is 6.18 Å². The van der Waals surface area contributed by atoms with Crippen LogP contribution >= 0.6 is 0 Å². The Morgan fingerprint density at radius 2 is 1.95 bits per heavy atom. The van der Waals surface area contributed by atoms with Crippen LogP contribution in [0.1, 0.15) is 38.2 Å². The molecule has 21 heavy (non-hydrogen) atoms. The second-order valence-corrected chi connectivity index (χ2v) is 5.50. The molecular formula is C14H17F3N2O2. The lowest BCUT2D eigenvalue weighted by Crippen LogP contribution is -2.30. The summed E-state index contributed by atoms with van der Waals surface area (Å²) >= 11 is 0. The molecule has 1 aromatic carbocycles. The van der Waals surface area contributed by atoms with Crippen LogP contribution in [0.3, 0.4) is 0 Å². The van der Waals surface area contributed by atoms with Crippen molar-refractivity contribution in [3.63, 3.8) is 0 Å². The Labute approximate surface area is 120 Å². The summed E-state index contributed by atoms with van der Waals surface area (Å²) in [7, 11) is 0. The van der Waals surface area contributed by atoms with Crippen LogP contribution in [-0.4, -0.2) is 11.0 Å². The van der Waals surface area contributed by atoms with Crippen molar-refractivity contribution in [2.24, 2.45) is 5.92 Å². The van der Waals surface area contributed by atoms with Crippen molar-refractivity contribution in [3.8, 4) is 0 Å². The zero-order chi connectivity index (χ0) is 15.6. The van der Waals surface area contributed by atoms with Gasteiger partial charge in [0.2, 0.25) is 0 Å². The van der Waals surface area contributed by atoms with E-state index < -0.39 is 22.4 Å². The third-order valence-corrected chi connectivity index (χ3v) is 3.97. The molecule has 4 nitrogen and oxygen atoms in total. The number of hydrogen-bond donors (Lipinski definition) is 1. The Bertz CT molecular complexity index is 531. The highest BCUT2D eigenvalue weighted by atomic mass is 19.4. The molecule has 2 atom stereocenters. The summed E-state index contributed by atoms with van der Waals surface area (Å²) in [6, 6.07) is 2.69. The molecule has 2 rings (SSSR count). The minimum atomic E-state index is -4.58.